The normalized spacial score (nSPS) is 18.5. The van der Waals surface area contributed by atoms with Crippen molar-refractivity contribution >= 4 is 23.4 Å². The van der Waals surface area contributed by atoms with Gasteiger partial charge in [0.1, 0.15) is 11.8 Å². The number of ether oxygens (including phenoxy) is 1. The first-order chi connectivity index (χ1) is 12.2. The van der Waals surface area contributed by atoms with Crippen LogP contribution >= 0.6 is 11.6 Å². The molecule has 6 nitrogen and oxygen atoms in total. The molecule has 0 spiro atoms. The third kappa shape index (κ3) is 5.50. The van der Waals surface area contributed by atoms with E-state index in [1.54, 1.807) is 24.3 Å². The van der Waals surface area contributed by atoms with Crippen molar-refractivity contribution in [3.8, 4) is 5.75 Å². The largest absolute Gasteiger partial charge is 0.481 e. The van der Waals surface area contributed by atoms with Crippen molar-refractivity contribution in [3.05, 3.63) is 29.3 Å². The highest BCUT2D eigenvalue weighted by Crippen LogP contribution is 2.32. The molecule has 1 unspecified atom stereocenters. The second-order valence-electron chi connectivity index (χ2n) is 5.76. The number of rotatable bonds is 6. The van der Waals surface area contributed by atoms with E-state index in [9.17, 15) is 22.8 Å². The van der Waals surface area contributed by atoms with Gasteiger partial charge in [-0.05, 0) is 44.0 Å². The van der Waals surface area contributed by atoms with Gasteiger partial charge in [0.25, 0.3) is 11.8 Å². The lowest BCUT2D eigenvalue weighted by Gasteiger charge is -2.26. The summed E-state index contributed by atoms with van der Waals surface area (Å²) in [5.74, 6) is -1.11. The summed E-state index contributed by atoms with van der Waals surface area (Å²) >= 11 is 5.74. The van der Waals surface area contributed by atoms with Gasteiger partial charge < -0.3 is 9.64 Å². The molecule has 1 aliphatic rings. The van der Waals surface area contributed by atoms with E-state index in [0.717, 1.165) is 4.90 Å². The highest BCUT2D eigenvalue weighted by Gasteiger charge is 2.47. The lowest BCUT2D eigenvalue weighted by molar-refractivity contribution is -0.185. The van der Waals surface area contributed by atoms with Gasteiger partial charge in [-0.1, -0.05) is 11.6 Å². The Labute approximate surface area is 153 Å². The Balaban J connectivity index is 1.76. The molecule has 26 heavy (non-hydrogen) atoms. The van der Waals surface area contributed by atoms with Gasteiger partial charge in [-0.3, -0.25) is 14.4 Å². The van der Waals surface area contributed by atoms with Crippen LogP contribution < -0.4 is 10.2 Å². The molecule has 0 aliphatic carbocycles. The van der Waals surface area contributed by atoms with Crippen molar-refractivity contribution in [2.24, 2.45) is 0 Å². The van der Waals surface area contributed by atoms with Crippen LogP contribution in [0.5, 0.6) is 5.75 Å². The Morgan fingerprint density at radius 2 is 2.00 bits per heavy atom. The molecule has 1 saturated heterocycles. The van der Waals surface area contributed by atoms with Crippen LogP contribution in [0.4, 0.5) is 13.2 Å². The van der Waals surface area contributed by atoms with Crippen molar-refractivity contribution in [1.29, 1.82) is 0 Å². The quantitative estimate of drug-likeness (QED) is 0.753. The molecule has 0 saturated carbocycles. The molecule has 2 atom stereocenters. The fourth-order valence-electron chi connectivity index (χ4n) is 2.51. The fraction of sp³-hybridized carbons (Fsp3) is 0.500. The van der Waals surface area contributed by atoms with E-state index in [1.165, 1.54) is 6.92 Å². The standard InChI is InChI=1S/C16H18ClF3N2O4/c1-10(26-12-6-4-11(17)5-7-12)15(24)21-25-9-14(23)22-8-2-3-13(22)16(18,19)20/h4-7,10,13H,2-3,8-9H2,1H3,(H,21,24)/t10-,13?/m0/s1. The maximum absolute atomic E-state index is 12.8. The molecule has 2 rings (SSSR count). The highest BCUT2D eigenvalue weighted by atomic mass is 35.5. The summed E-state index contributed by atoms with van der Waals surface area (Å²) < 4.78 is 43.8. The summed E-state index contributed by atoms with van der Waals surface area (Å²) in [4.78, 5) is 29.2. The summed E-state index contributed by atoms with van der Waals surface area (Å²) in [7, 11) is 0. The van der Waals surface area contributed by atoms with Crippen LogP contribution in [0.3, 0.4) is 0 Å². The van der Waals surface area contributed by atoms with Gasteiger partial charge in [0.15, 0.2) is 12.7 Å². The van der Waals surface area contributed by atoms with Crippen LogP contribution in [-0.2, 0) is 14.4 Å². The Hall–Kier alpha value is -2.00. The van der Waals surface area contributed by atoms with Crippen molar-refractivity contribution in [1.82, 2.24) is 10.4 Å². The van der Waals surface area contributed by atoms with E-state index in [0.29, 0.717) is 10.8 Å². The topological polar surface area (TPSA) is 67.9 Å². The molecule has 2 amide bonds. The van der Waals surface area contributed by atoms with Crippen LogP contribution in [-0.4, -0.2) is 48.2 Å². The van der Waals surface area contributed by atoms with Crippen LogP contribution in [0.2, 0.25) is 5.02 Å². The van der Waals surface area contributed by atoms with E-state index < -0.39 is 36.7 Å². The van der Waals surface area contributed by atoms with Gasteiger partial charge in [0, 0.05) is 11.6 Å². The molecule has 1 aromatic carbocycles. The lowest BCUT2D eigenvalue weighted by atomic mass is 10.2. The number of hydrogen-bond acceptors (Lipinski definition) is 4. The first-order valence-electron chi connectivity index (χ1n) is 7.88. The van der Waals surface area contributed by atoms with Crippen molar-refractivity contribution in [3.63, 3.8) is 0 Å². The van der Waals surface area contributed by atoms with Crippen LogP contribution in [0.15, 0.2) is 24.3 Å². The van der Waals surface area contributed by atoms with E-state index in [1.807, 2.05) is 5.48 Å². The number of likely N-dealkylation sites (tertiary alicyclic amines) is 1. The SMILES string of the molecule is C[C@H](Oc1ccc(Cl)cc1)C(=O)NOCC(=O)N1CCCC1C(F)(F)F. The second kappa shape index (κ2) is 8.59. The van der Waals surface area contributed by atoms with E-state index in [-0.39, 0.29) is 19.4 Å². The number of hydrogen-bond donors (Lipinski definition) is 1. The van der Waals surface area contributed by atoms with Crippen LogP contribution in [0.25, 0.3) is 0 Å². The number of carbonyl (C=O) groups excluding carboxylic acids is 2. The first-order valence-corrected chi connectivity index (χ1v) is 8.26. The lowest BCUT2D eigenvalue weighted by Crippen LogP contribution is -2.47. The fourth-order valence-corrected chi connectivity index (χ4v) is 2.64. The molecule has 1 aliphatic heterocycles. The number of nitrogens with zero attached hydrogens (tertiary/aromatic N) is 1. The Bertz CT molecular complexity index is 639. The molecule has 10 heteroatoms. The summed E-state index contributed by atoms with van der Waals surface area (Å²) in [5.41, 5.74) is 2.00. The van der Waals surface area contributed by atoms with Gasteiger partial charge in [-0.25, -0.2) is 5.48 Å². The number of halogens is 4. The van der Waals surface area contributed by atoms with Gasteiger partial charge in [0.2, 0.25) is 0 Å². The van der Waals surface area contributed by atoms with Crippen LogP contribution in [0, 0.1) is 0 Å². The second-order valence-corrected chi connectivity index (χ2v) is 6.19. The number of benzene rings is 1. The van der Waals surface area contributed by atoms with Gasteiger partial charge >= 0.3 is 6.18 Å². The monoisotopic (exact) mass is 394 g/mol. The van der Waals surface area contributed by atoms with Gasteiger partial charge in [-0.15, -0.1) is 0 Å². The Morgan fingerprint density at radius 1 is 1.35 bits per heavy atom. The van der Waals surface area contributed by atoms with Gasteiger partial charge in [0.05, 0.1) is 0 Å². The average molecular weight is 395 g/mol. The molecule has 0 aromatic heterocycles. The van der Waals surface area contributed by atoms with E-state index in [2.05, 4.69) is 0 Å². The zero-order chi connectivity index (χ0) is 19.3. The van der Waals surface area contributed by atoms with Crippen LogP contribution in [0.1, 0.15) is 19.8 Å². The molecule has 144 valence electrons. The minimum Gasteiger partial charge on any atom is -0.481 e. The summed E-state index contributed by atoms with van der Waals surface area (Å²) in [6, 6.07) is 4.51. The average Bonchev–Trinajstić information content (AvgIpc) is 3.06. The van der Waals surface area contributed by atoms with E-state index in [4.69, 9.17) is 21.2 Å². The first kappa shape index (κ1) is 20.3. The van der Waals surface area contributed by atoms with Crippen molar-refractivity contribution in [2.75, 3.05) is 13.2 Å². The third-order valence-electron chi connectivity index (χ3n) is 3.82. The number of alkyl halides is 3. The zero-order valence-corrected chi connectivity index (χ0v) is 14.6. The Morgan fingerprint density at radius 3 is 2.62 bits per heavy atom. The molecular weight excluding hydrogens is 377 g/mol. The molecule has 0 radical (unpaired) electrons. The summed E-state index contributed by atoms with van der Waals surface area (Å²) in [5, 5.41) is 0.510. The van der Waals surface area contributed by atoms with Crippen molar-refractivity contribution < 1.29 is 32.3 Å². The molecule has 1 heterocycles. The molecule has 1 fully saturated rings. The number of nitrogens with one attached hydrogen (secondary N) is 1. The summed E-state index contributed by atoms with van der Waals surface area (Å²) in [6.07, 6.45) is -5.28. The zero-order valence-electron chi connectivity index (χ0n) is 13.9. The predicted octanol–water partition coefficient (Wildman–Crippen LogP) is 2.71. The van der Waals surface area contributed by atoms with Crippen molar-refractivity contribution in [2.45, 2.75) is 38.1 Å². The molecule has 1 N–H and O–H groups in total. The smallest absolute Gasteiger partial charge is 0.408 e. The molecular formula is C16H18ClF3N2O4. The number of hydroxylamine groups is 1. The van der Waals surface area contributed by atoms with E-state index >= 15 is 0 Å². The maximum Gasteiger partial charge on any atom is 0.408 e. The summed E-state index contributed by atoms with van der Waals surface area (Å²) in [6.45, 7) is 0.775. The van der Waals surface area contributed by atoms with Gasteiger partial charge in [-0.2, -0.15) is 13.2 Å². The minimum absolute atomic E-state index is 0.0103. The predicted molar refractivity (Wildman–Crippen MR) is 86.4 cm³/mol. The molecule has 1 aromatic rings. The third-order valence-corrected chi connectivity index (χ3v) is 4.07. The highest BCUT2D eigenvalue weighted by molar-refractivity contribution is 6.30. The number of carbonyl (C=O) groups is 2. The Kier molecular flexibility index (Phi) is 6.71. The molecule has 0 bridgehead atoms. The maximum atomic E-state index is 12.8. The minimum atomic E-state index is -4.48. The number of amides is 2.